The van der Waals surface area contributed by atoms with Gasteiger partial charge in [0.15, 0.2) is 5.82 Å². The van der Waals surface area contributed by atoms with E-state index in [9.17, 15) is 9.18 Å². The van der Waals surface area contributed by atoms with Gasteiger partial charge < -0.3 is 9.63 Å². The van der Waals surface area contributed by atoms with Crippen molar-refractivity contribution in [2.45, 2.75) is 12.8 Å². The number of carboxylic acids is 1. The van der Waals surface area contributed by atoms with E-state index >= 15 is 0 Å². The van der Waals surface area contributed by atoms with Gasteiger partial charge in [-0.15, -0.1) is 0 Å². The topological polar surface area (TPSA) is 63.3 Å². The number of halogens is 1. The molecule has 0 aliphatic rings. The normalized spacial score (nSPS) is 10.7. The molecule has 1 aromatic carbocycles. The van der Waals surface area contributed by atoms with Crippen molar-refractivity contribution in [1.29, 1.82) is 0 Å². The second-order valence-electron chi connectivity index (χ2n) is 3.14. The molecule has 1 N–H and O–H groups in total. The standard InChI is InChI=1S/C10H8FNO3/c11-7-3-1-2-6-8(4-5-9(13)14)12-15-10(6)7/h1-3H,4-5H2,(H,13,14). The lowest BCUT2D eigenvalue weighted by Gasteiger charge is -1.92. The fourth-order valence-electron chi connectivity index (χ4n) is 1.38. The third-order valence-corrected chi connectivity index (χ3v) is 2.10. The summed E-state index contributed by atoms with van der Waals surface area (Å²) in [6.07, 6.45) is 0.198. The number of aliphatic carboxylic acids is 1. The van der Waals surface area contributed by atoms with Crippen LogP contribution >= 0.6 is 0 Å². The van der Waals surface area contributed by atoms with Crippen molar-refractivity contribution in [2.75, 3.05) is 0 Å². The van der Waals surface area contributed by atoms with Crippen molar-refractivity contribution >= 4 is 16.9 Å². The molecule has 5 heteroatoms. The third kappa shape index (κ3) is 1.81. The first-order chi connectivity index (χ1) is 7.18. The van der Waals surface area contributed by atoms with Gasteiger partial charge in [-0.05, 0) is 12.1 Å². The van der Waals surface area contributed by atoms with E-state index in [1.807, 2.05) is 0 Å². The van der Waals surface area contributed by atoms with Crippen LogP contribution in [-0.2, 0) is 11.2 Å². The highest BCUT2D eigenvalue weighted by molar-refractivity contribution is 5.80. The number of hydrogen-bond acceptors (Lipinski definition) is 3. The summed E-state index contributed by atoms with van der Waals surface area (Å²) >= 11 is 0. The van der Waals surface area contributed by atoms with E-state index in [1.54, 1.807) is 12.1 Å². The summed E-state index contributed by atoms with van der Waals surface area (Å²) < 4.78 is 17.9. The molecule has 4 nitrogen and oxygen atoms in total. The molecule has 0 fully saturated rings. The molecule has 2 rings (SSSR count). The summed E-state index contributed by atoms with van der Waals surface area (Å²) in [7, 11) is 0. The summed E-state index contributed by atoms with van der Waals surface area (Å²) in [6, 6.07) is 4.47. The summed E-state index contributed by atoms with van der Waals surface area (Å²) in [4.78, 5) is 10.4. The first-order valence-corrected chi connectivity index (χ1v) is 4.43. The van der Waals surface area contributed by atoms with E-state index in [-0.39, 0.29) is 18.4 Å². The van der Waals surface area contributed by atoms with E-state index in [0.717, 1.165) is 0 Å². The van der Waals surface area contributed by atoms with Crippen LogP contribution in [0, 0.1) is 5.82 Å². The van der Waals surface area contributed by atoms with Gasteiger partial charge in [-0.1, -0.05) is 11.2 Å². The van der Waals surface area contributed by atoms with Crippen LogP contribution in [0.5, 0.6) is 0 Å². The number of hydrogen-bond donors (Lipinski definition) is 1. The second-order valence-corrected chi connectivity index (χ2v) is 3.14. The summed E-state index contributed by atoms with van der Waals surface area (Å²) in [5.41, 5.74) is 0.560. The van der Waals surface area contributed by atoms with E-state index < -0.39 is 11.8 Å². The molecule has 0 aliphatic carbocycles. The maximum absolute atomic E-state index is 13.1. The molecule has 0 amide bonds. The number of carboxylic acid groups (broad SMARTS) is 1. The number of aryl methyl sites for hydroxylation is 1. The Morgan fingerprint density at radius 1 is 1.53 bits per heavy atom. The zero-order valence-electron chi connectivity index (χ0n) is 7.74. The minimum Gasteiger partial charge on any atom is -0.481 e. The fraction of sp³-hybridized carbons (Fsp3) is 0.200. The number of para-hydroxylation sites is 1. The zero-order valence-corrected chi connectivity index (χ0v) is 7.74. The van der Waals surface area contributed by atoms with Crippen LogP contribution in [0.1, 0.15) is 12.1 Å². The van der Waals surface area contributed by atoms with E-state index in [4.69, 9.17) is 9.63 Å². The van der Waals surface area contributed by atoms with Crippen molar-refractivity contribution in [3.63, 3.8) is 0 Å². The Bertz CT molecular complexity index is 506. The smallest absolute Gasteiger partial charge is 0.303 e. The largest absolute Gasteiger partial charge is 0.481 e. The maximum Gasteiger partial charge on any atom is 0.303 e. The minimum absolute atomic E-state index is 0.0435. The second kappa shape index (κ2) is 3.68. The summed E-state index contributed by atoms with van der Waals surface area (Å²) in [5.74, 6) is -1.40. The number of benzene rings is 1. The Morgan fingerprint density at radius 2 is 2.33 bits per heavy atom. The molecule has 0 radical (unpaired) electrons. The van der Waals surface area contributed by atoms with Crippen molar-refractivity contribution in [1.82, 2.24) is 5.16 Å². The van der Waals surface area contributed by atoms with Crippen molar-refractivity contribution in [2.24, 2.45) is 0 Å². The van der Waals surface area contributed by atoms with Crippen molar-refractivity contribution in [3.8, 4) is 0 Å². The average Bonchev–Trinajstić information content (AvgIpc) is 2.59. The van der Waals surface area contributed by atoms with E-state index in [1.165, 1.54) is 6.07 Å². The SMILES string of the molecule is O=C(O)CCc1noc2c(F)cccc12. The first-order valence-electron chi connectivity index (χ1n) is 4.43. The number of carbonyl (C=O) groups is 1. The molecule has 2 aromatic rings. The average molecular weight is 209 g/mol. The molecule has 0 bridgehead atoms. The molecule has 0 atom stereocenters. The number of rotatable bonds is 3. The molecular weight excluding hydrogens is 201 g/mol. The first kappa shape index (κ1) is 9.64. The van der Waals surface area contributed by atoms with Gasteiger partial charge in [-0.2, -0.15) is 0 Å². The molecule has 78 valence electrons. The molecule has 0 saturated carbocycles. The highest BCUT2D eigenvalue weighted by Crippen LogP contribution is 2.21. The van der Waals surface area contributed by atoms with Gasteiger partial charge in [0.25, 0.3) is 0 Å². The molecule has 0 unspecified atom stereocenters. The van der Waals surface area contributed by atoms with Crippen LogP contribution < -0.4 is 0 Å². The molecule has 0 aliphatic heterocycles. The van der Waals surface area contributed by atoms with Gasteiger partial charge in [0.05, 0.1) is 12.1 Å². The lowest BCUT2D eigenvalue weighted by Crippen LogP contribution is -1.97. The summed E-state index contributed by atoms with van der Waals surface area (Å²) in [6.45, 7) is 0. The fourth-order valence-corrected chi connectivity index (χ4v) is 1.38. The molecule has 0 saturated heterocycles. The highest BCUT2D eigenvalue weighted by atomic mass is 19.1. The minimum atomic E-state index is -0.914. The Balaban J connectivity index is 2.37. The van der Waals surface area contributed by atoms with Gasteiger partial charge in [-0.3, -0.25) is 4.79 Å². The van der Waals surface area contributed by atoms with Gasteiger partial charge in [0.2, 0.25) is 5.58 Å². The van der Waals surface area contributed by atoms with Crippen LogP contribution in [0.2, 0.25) is 0 Å². The Kier molecular flexibility index (Phi) is 2.37. The lowest BCUT2D eigenvalue weighted by atomic mass is 10.1. The van der Waals surface area contributed by atoms with Crippen molar-refractivity contribution < 1.29 is 18.8 Å². The maximum atomic E-state index is 13.1. The molecule has 1 aromatic heterocycles. The Hall–Kier alpha value is -1.91. The molecule has 1 heterocycles. The molecular formula is C10H8FNO3. The Labute approximate surface area is 84.3 Å². The predicted molar refractivity (Wildman–Crippen MR) is 49.9 cm³/mol. The predicted octanol–water partition coefficient (Wildman–Crippen LogP) is 1.98. The highest BCUT2D eigenvalue weighted by Gasteiger charge is 2.12. The van der Waals surface area contributed by atoms with Crippen LogP contribution in [-0.4, -0.2) is 16.2 Å². The number of fused-ring (bicyclic) bond motifs is 1. The number of aromatic nitrogens is 1. The molecule has 15 heavy (non-hydrogen) atoms. The van der Waals surface area contributed by atoms with Crippen LogP contribution in [0.15, 0.2) is 22.7 Å². The zero-order chi connectivity index (χ0) is 10.8. The quantitative estimate of drug-likeness (QED) is 0.839. The lowest BCUT2D eigenvalue weighted by molar-refractivity contribution is -0.136. The van der Waals surface area contributed by atoms with Gasteiger partial charge in [0, 0.05) is 11.8 Å². The Morgan fingerprint density at radius 3 is 3.07 bits per heavy atom. The van der Waals surface area contributed by atoms with E-state index in [2.05, 4.69) is 5.16 Å². The third-order valence-electron chi connectivity index (χ3n) is 2.10. The van der Waals surface area contributed by atoms with E-state index in [0.29, 0.717) is 11.1 Å². The van der Waals surface area contributed by atoms with Crippen LogP contribution in [0.4, 0.5) is 4.39 Å². The van der Waals surface area contributed by atoms with Gasteiger partial charge in [0.1, 0.15) is 0 Å². The summed E-state index contributed by atoms with van der Waals surface area (Å²) in [5, 5.41) is 12.7. The monoisotopic (exact) mass is 209 g/mol. The van der Waals surface area contributed by atoms with Crippen molar-refractivity contribution in [3.05, 3.63) is 29.7 Å². The number of nitrogens with zero attached hydrogens (tertiary/aromatic N) is 1. The van der Waals surface area contributed by atoms with Crippen LogP contribution in [0.3, 0.4) is 0 Å². The molecule has 0 spiro atoms. The van der Waals surface area contributed by atoms with Gasteiger partial charge in [-0.25, -0.2) is 4.39 Å². The van der Waals surface area contributed by atoms with Gasteiger partial charge >= 0.3 is 5.97 Å². The van der Waals surface area contributed by atoms with Crippen LogP contribution in [0.25, 0.3) is 11.0 Å².